The van der Waals surface area contributed by atoms with Crippen molar-refractivity contribution < 1.29 is 18.9 Å². The van der Waals surface area contributed by atoms with Crippen LogP contribution in [0.15, 0.2) is 49.4 Å². The molecule has 1 saturated carbocycles. The van der Waals surface area contributed by atoms with Crippen molar-refractivity contribution in [1.29, 1.82) is 5.26 Å². The zero-order valence-corrected chi connectivity index (χ0v) is 27.9. The van der Waals surface area contributed by atoms with Gasteiger partial charge in [0.15, 0.2) is 0 Å². The molecule has 48 heavy (non-hydrogen) atoms. The van der Waals surface area contributed by atoms with Gasteiger partial charge in [0.1, 0.15) is 36.3 Å². The van der Waals surface area contributed by atoms with E-state index in [4.69, 9.17) is 24.0 Å². The maximum absolute atomic E-state index is 9.68. The summed E-state index contributed by atoms with van der Waals surface area (Å²) >= 11 is 0. The van der Waals surface area contributed by atoms with Crippen LogP contribution in [0.1, 0.15) is 57.6 Å². The molecule has 4 aromatic rings. The van der Waals surface area contributed by atoms with Gasteiger partial charge < -0.3 is 24.3 Å². The molecule has 1 aromatic carbocycles. The summed E-state index contributed by atoms with van der Waals surface area (Å²) in [5.41, 5.74) is 2.79. The van der Waals surface area contributed by atoms with E-state index >= 15 is 0 Å². The second-order valence-electron chi connectivity index (χ2n) is 12.4. The van der Waals surface area contributed by atoms with Crippen LogP contribution in [0.3, 0.4) is 0 Å². The molecule has 2 fully saturated rings. The lowest BCUT2D eigenvalue weighted by atomic mass is 9.90. The highest BCUT2D eigenvalue weighted by Crippen LogP contribution is 2.35. The number of aromatic nitrogens is 7. The zero-order chi connectivity index (χ0) is 33.3. The molecule has 3 aromatic heterocycles. The number of nitriles is 1. The lowest BCUT2D eigenvalue weighted by molar-refractivity contribution is 0.00500. The number of ether oxygens (including phenoxy) is 4. The minimum Gasteiger partial charge on any atom is -0.487 e. The van der Waals surface area contributed by atoms with Crippen LogP contribution in [-0.2, 0) is 16.0 Å². The lowest BCUT2D eigenvalue weighted by Gasteiger charge is -2.38. The molecule has 1 N–H and O–H groups in total. The number of hydrogen-bond acceptors (Lipinski definition) is 12. The van der Waals surface area contributed by atoms with E-state index in [9.17, 15) is 5.26 Å². The Kier molecular flexibility index (Phi) is 11.1. The van der Waals surface area contributed by atoms with Gasteiger partial charge in [-0.2, -0.15) is 10.4 Å². The standard InChI is InChI=1S/C34H44N10O4/c1-24(10-13-45-3)48-33-31(21-44(41-33)30-8-6-29(7-9-30)42-11-14-46-15-12-42)40-34-37-18-28(19-38-34)26-4-5-27(17-35)32(16-26)47-25(2)20-43-23-36-22-39-43/h4-5,16,18-19,21-25,29-30H,6-15,20H2,1-3H3,(H,37,38,40). The minimum absolute atomic E-state index is 0.0825. The fourth-order valence-corrected chi connectivity index (χ4v) is 6.30. The third-order valence-corrected chi connectivity index (χ3v) is 8.91. The van der Waals surface area contributed by atoms with Gasteiger partial charge in [-0.25, -0.2) is 19.6 Å². The van der Waals surface area contributed by atoms with Gasteiger partial charge in [-0.15, -0.1) is 5.10 Å². The van der Waals surface area contributed by atoms with E-state index in [0.29, 0.717) is 48.4 Å². The molecule has 6 rings (SSSR count). The molecule has 0 amide bonds. The Morgan fingerprint density at radius 2 is 1.79 bits per heavy atom. The molecule has 254 valence electrons. The summed E-state index contributed by atoms with van der Waals surface area (Å²) in [6.07, 6.45) is 13.5. The van der Waals surface area contributed by atoms with Crippen molar-refractivity contribution in [3.8, 4) is 28.8 Å². The van der Waals surface area contributed by atoms with Gasteiger partial charge in [0, 0.05) is 57.2 Å². The number of rotatable bonds is 14. The van der Waals surface area contributed by atoms with Gasteiger partial charge in [0.05, 0.1) is 43.7 Å². The number of methoxy groups -OCH3 is 1. The van der Waals surface area contributed by atoms with Gasteiger partial charge in [-0.3, -0.25) is 9.58 Å². The molecule has 14 heteroatoms. The van der Waals surface area contributed by atoms with E-state index in [0.717, 1.165) is 75.2 Å². The number of anilines is 2. The molecule has 0 spiro atoms. The predicted molar refractivity (Wildman–Crippen MR) is 178 cm³/mol. The molecule has 1 aliphatic carbocycles. The second-order valence-corrected chi connectivity index (χ2v) is 12.4. The topological polar surface area (TPSA) is 150 Å². The number of nitrogens with one attached hydrogen (secondary N) is 1. The van der Waals surface area contributed by atoms with Gasteiger partial charge in [-0.05, 0) is 57.2 Å². The first-order chi connectivity index (χ1) is 23.5. The van der Waals surface area contributed by atoms with E-state index in [1.807, 2.05) is 36.9 Å². The largest absolute Gasteiger partial charge is 0.487 e. The third kappa shape index (κ3) is 8.46. The van der Waals surface area contributed by atoms with Gasteiger partial charge >= 0.3 is 0 Å². The van der Waals surface area contributed by atoms with Gasteiger partial charge in [0.2, 0.25) is 5.95 Å². The van der Waals surface area contributed by atoms with Crippen LogP contribution in [0.2, 0.25) is 0 Å². The first-order valence-electron chi connectivity index (χ1n) is 16.7. The molecule has 2 aliphatic rings. The summed E-state index contributed by atoms with van der Waals surface area (Å²) < 4.78 is 27.0. The first kappa shape index (κ1) is 33.3. The molecular weight excluding hydrogens is 612 g/mol. The first-order valence-corrected chi connectivity index (χ1v) is 16.7. The fourth-order valence-electron chi connectivity index (χ4n) is 6.30. The van der Waals surface area contributed by atoms with E-state index in [1.165, 1.54) is 6.33 Å². The smallest absolute Gasteiger partial charge is 0.257 e. The molecule has 2 atom stereocenters. The van der Waals surface area contributed by atoms with E-state index < -0.39 is 0 Å². The van der Waals surface area contributed by atoms with Crippen molar-refractivity contribution in [1.82, 2.24) is 39.4 Å². The number of benzene rings is 1. The van der Waals surface area contributed by atoms with Crippen LogP contribution in [0, 0.1) is 11.3 Å². The van der Waals surface area contributed by atoms with Crippen molar-refractivity contribution in [2.24, 2.45) is 0 Å². The van der Waals surface area contributed by atoms with Crippen LogP contribution < -0.4 is 14.8 Å². The van der Waals surface area contributed by atoms with Crippen molar-refractivity contribution in [3.63, 3.8) is 0 Å². The zero-order valence-electron chi connectivity index (χ0n) is 27.9. The average molecular weight is 657 g/mol. The van der Waals surface area contributed by atoms with Crippen molar-refractivity contribution in [3.05, 3.63) is 55.0 Å². The SMILES string of the molecule is COCCC(C)Oc1nn(C2CCC(N3CCOCC3)CC2)cc1Nc1ncc(-c2ccc(C#N)c(OC(C)Cn3cncn3)c2)cn1. The Balaban J connectivity index is 1.15. The Morgan fingerprint density at radius 3 is 2.50 bits per heavy atom. The minimum atomic E-state index is -0.230. The Bertz CT molecular complexity index is 1620. The maximum atomic E-state index is 9.68. The molecule has 0 radical (unpaired) electrons. The summed E-state index contributed by atoms with van der Waals surface area (Å²) in [6.45, 7) is 8.74. The monoisotopic (exact) mass is 656 g/mol. The summed E-state index contributed by atoms with van der Waals surface area (Å²) in [5.74, 6) is 1.44. The van der Waals surface area contributed by atoms with E-state index in [-0.39, 0.29) is 12.2 Å². The van der Waals surface area contributed by atoms with Crippen LogP contribution in [0.4, 0.5) is 11.6 Å². The highest BCUT2D eigenvalue weighted by molar-refractivity contribution is 5.67. The maximum Gasteiger partial charge on any atom is 0.257 e. The normalized spacial score (nSPS) is 19.7. The molecule has 2 unspecified atom stereocenters. The number of nitrogens with zero attached hydrogens (tertiary/aromatic N) is 9. The predicted octanol–water partition coefficient (Wildman–Crippen LogP) is 4.63. The molecule has 0 bridgehead atoms. The van der Waals surface area contributed by atoms with Crippen molar-refractivity contribution >= 4 is 11.6 Å². The van der Waals surface area contributed by atoms with Gasteiger partial charge in [-0.1, -0.05) is 6.07 Å². The van der Waals surface area contributed by atoms with Crippen LogP contribution in [-0.4, -0.2) is 97.7 Å². The fraction of sp³-hybridized carbons (Fsp3) is 0.529. The molecule has 1 saturated heterocycles. The highest BCUT2D eigenvalue weighted by Gasteiger charge is 2.29. The van der Waals surface area contributed by atoms with Crippen LogP contribution >= 0.6 is 0 Å². The summed E-state index contributed by atoms with van der Waals surface area (Å²) in [5, 5.41) is 22.1. The Labute approximate surface area is 281 Å². The summed E-state index contributed by atoms with van der Waals surface area (Å²) in [4.78, 5) is 15.8. The molecular formula is C34H44N10O4. The van der Waals surface area contributed by atoms with Crippen molar-refractivity contribution in [2.75, 3.05) is 45.3 Å². The highest BCUT2D eigenvalue weighted by atomic mass is 16.5. The average Bonchev–Trinajstić information content (AvgIpc) is 3.78. The third-order valence-electron chi connectivity index (χ3n) is 8.91. The lowest BCUT2D eigenvalue weighted by Crippen LogP contribution is -2.45. The second kappa shape index (κ2) is 16.0. The number of morpholine rings is 1. The van der Waals surface area contributed by atoms with E-state index in [1.54, 1.807) is 36.6 Å². The summed E-state index contributed by atoms with van der Waals surface area (Å²) in [7, 11) is 1.69. The van der Waals surface area contributed by atoms with Crippen molar-refractivity contribution in [2.45, 2.75) is 76.8 Å². The van der Waals surface area contributed by atoms with Gasteiger partial charge in [0.25, 0.3) is 5.88 Å². The quantitative estimate of drug-likeness (QED) is 0.202. The Morgan fingerprint density at radius 1 is 1.02 bits per heavy atom. The Hall–Kier alpha value is -4.58. The summed E-state index contributed by atoms with van der Waals surface area (Å²) in [6, 6.07) is 8.57. The molecule has 1 aliphatic heterocycles. The van der Waals surface area contributed by atoms with E-state index in [2.05, 4.69) is 36.3 Å². The molecule has 4 heterocycles. The van der Waals surface area contributed by atoms with Crippen LogP contribution in [0.5, 0.6) is 11.6 Å². The molecule has 14 nitrogen and oxygen atoms in total. The van der Waals surface area contributed by atoms with Crippen LogP contribution in [0.25, 0.3) is 11.1 Å². The number of hydrogen-bond donors (Lipinski definition) is 1.